The molecule has 1 aromatic carbocycles. The van der Waals surface area contributed by atoms with Gasteiger partial charge in [-0.1, -0.05) is 18.2 Å². The second-order valence-corrected chi connectivity index (χ2v) is 9.15. The summed E-state index contributed by atoms with van der Waals surface area (Å²) in [6.07, 6.45) is 6.98. The summed E-state index contributed by atoms with van der Waals surface area (Å²) in [6, 6.07) is 16.9. The highest BCUT2D eigenvalue weighted by Gasteiger charge is 2.24. The Morgan fingerprint density at radius 3 is 2.58 bits per heavy atom. The van der Waals surface area contributed by atoms with Crippen LogP contribution >= 0.6 is 11.3 Å². The zero-order chi connectivity index (χ0) is 22.2. The Morgan fingerprint density at radius 2 is 1.88 bits per heavy atom. The quantitative estimate of drug-likeness (QED) is 0.338. The summed E-state index contributed by atoms with van der Waals surface area (Å²) >= 11 is 1.63. The van der Waals surface area contributed by atoms with Gasteiger partial charge in [0.05, 0.1) is 39.7 Å². The molecule has 0 atom stereocenters. The van der Waals surface area contributed by atoms with Gasteiger partial charge in [0.2, 0.25) is 0 Å². The highest BCUT2D eigenvalue weighted by molar-refractivity contribution is 7.13. The van der Waals surface area contributed by atoms with Crippen molar-refractivity contribution < 1.29 is 4.42 Å². The van der Waals surface area contributed by atoms with Crippen LogP contribution < -0.4 is 4.90 Å². The van der Waals surface area contributed by atoms with Gasteiger partial charge in [0.15, 0.2) is 5.65 Å². The Hall–Kier alpha value is -3.89. The molecule has 6 nitrogen and oxygen atoms in total. The Bertz CT molecular complexity index is 1440. The molecule has 0 saturated carbocycles. The summed E-state index contributed by atoms with van der Waals surface area (Å²) in [6.45, 7) is 2.19. The van der Waals surface area contributed by atoms with Crippen LogP contribution in [0.4, 0.5) is 5.69 Å². The van der Waals surface area contributed by atoms with Crippen molar-refractivity contribution in [2.45, 2.75) is 19.3 Å². The smallest absolute Gasteiger partial charge is 0.182 e. The van der Waals surface area contributed by atoms with Gasteiger partial charge in [0.25, 0.3) is 0 Å². The molecule has 5 aromatic rings. The number of benzene rings is 1. The van der Waals surface area contributed by atoms with Gasteiger partial charge in [-0.2, -0.15) is 10.4 Å². The number of thiophene rings is 1. The van der Waals surface area contributed by atoms with Crippen LogP contribution in [-0.2, 0) is 0 Å². The van der Waals surface area contributed by atoms with Gasteiger partial charge in [-0.05, 0) is 54.5 Å². The van der Waals surface area contributed by atoms with Gasteiger partial charge in [-0.25, -0.2) is 4.98 Å². The standard InChI is InChI=1S/C26H21N5OS/c27-15-20-22(17-6-8-19(9-7-17)31-11-2-1-3-12-31)23-25(21-5-4-14-33-21)29-30-26(23)28-24(20)18-10-13-32-16-18/h4-10,13-14,16H,1-3,11-12H2,(H,28,29,30). The molecule has 1 saturated heterocycles. The van der Waals surface area contributed by atoms with Crippen LogP contribution in [0, 0.1) is 11.3 Å². The maximum atomic E-state index is 10.3. The predicted octanol–water partition coefficient (Wildman–Crippen LogP) is 6.48. The third kappa shape index (κ3) is 3.40. The number of piperidine rings is 1. The minimum absolute atomic E-state index is 0.522. The van der Waals surface area contributed by atoms with Gasteiger partial charge in [0, 0.05) is 29.9 Å². The first-order valence-electron chi connectivity index (χ1n) is 11.1. The van der Waals surface area contributed by atoms with Crippen molar-refractivity contribution in [1.29, 1.82) is 5.26 Å². The summed E-state index contributed by atoms with van der Waals surface area (Å²) in [4.78, 5) is 8.27. The topological polar surface area (TPSA) is 81.7 Å². The third-order valence-electron chi connectivity index (χ3n) is 6.25. The Balaban J connectivity index is 1.59. The van der Waals surface area contributed by atoms with E-state index in [2.05, 4.69) is 51.5 Å². The number of fused-ring (bicyclic) bond motifs is 1. The second-order valence-electron chi connectivity index (χ2n) is 8.20. The molecule has 1 aliphatic rings. The highest BCUT2D eigenvalue weighted by Crippen LogP contribution is 2.41. The Kier molecular flexibility index (Phi) is 4.93. The number of furan rings is 1. The lowest BCUT2D eigenvalue weighted by molar-refractivity contribution is 0.568. The summed E-state index contributed by atoms with van der Waals surface area (Å²) in [5, 5.41) is 20.9. The molecule has 0 unspecified atom stereocenters. The number of hydrogen-bond donors (Lipinski definition) is 1. The van der Waals surface area contributed by atoms with Crippen LogP contribution in [0.1, 0.15) is 24.8 Å². The fraction of sp³-hybridized carbons (Fsp3) is 0.192. The Labute approximate surface area is 195 Å². The minimum Gasteiger partial charge on any atom is -0.472 e. The molecular weight excluding hydrogens is 430 g/mol. The number of nitrogens with zero attached hydrogens (tertiary/aromatic N) is 4. The van der Waals surface area contributed by atoms with E-state index in [1.165, 1.54) is 24.9 Å². The van der Waals surface area contributed by atoms with Crippen LogP contribution in [0.5, 0.6) is 0 Å². The zero-order valence-corrected chi connectivity index (χ0v) is 18.7. The van der Waals surface area contributed by atoms with Crippen LogP contribution in [0.15, 0.2) is 64.8 Å². The van der Waals surface area contributed by atoms with E-state index in [0.29, 0.717) is 16.9 Å². The van der Waals surface area contributed by atoms with Crippen molar-refractivity contribution in [3.63, 3.8) is 0 Å². The number of aromatic nitrogens is 3. The molecule has 0 bridgehead atoms. The molecule has 1 aliphatic heterocycles. The third-order valence-corrected chi connectivity index (χ3v) is 7.14. The number of aromatic amines is 1. The number of nitriles is 1. The van der Waals surface area contributed by atoms with E-state index in [1.807, 2.05) is 17.5 Å². The fourth-order valence-electron chi connectivity index (χ4n) is 4.65. The van der Waals surface area contributed by atoms with Crippen molar-refractivity contribution in [1.82, 2.24) is 15.2 Å². The number of H-pyrrole nitrogens is 1. The van der Waals surface area contributed by atoms with E-state index in [0.717, 1.165) is 45.7 Å². The minimum atomic E-state index is 0.522. The normalized spacial score (nSPS) is 14.0. The number of pyridine rings is 1. The van der Waals surface area contributed by atoms with E-state index in [1.54, 1.807) is 23.9 Å². The molecule has 4 aromatic heterocycles. The van der Waals surface area contributed by atoms with E-state index in [-0.39, 0.29) is 0 Å². The lowest BCUT2D eigenvalue weighted by Crippen LogP contribution is -2.29. The van der Waals surface area contributed by atoms with Gasteiger partial charge in [0.1, 0.15) is 6.07 Å². The molecule has 0 spiro atoms. The van der Waals surface area contributed by atoms with E-state index in [4.69, 9.17) is 9.40 Å². The van der Waals surface area contributed by atoms with Crippen LogP contribution in [-0.4, -0.2) is 28.3 Å². The molecule has 0 amide bonds. The molecule has 162 valence electrons. The maximum absolute atomic E-state index is 10.3. The molecule has 6 rings (SSSR count). The SMILES string of the molecule is N#Cc1c(-c2ccoc2)nc2n[nH]c(-c3cccs3)c2c1-c1ccc(N2CCCCC2)cc1. The molecule has 33 heavy (non-hydrogen) atoms. The van der Waals surface area contributed by atoms with E-state index >= 15 is 0 Å². The van der Waals surface area contributed by atoms with Crippen LogP contribution in [0.25, 0.3) is 44.0 Å². The van der Waals surface area contributed by atoms with Crippen molar-refractivity contribution >= 4 is 28.1 Å². The van der Waals surface area contributed by atoms with Gasteiger partial charge in [-0.15, -0.1) is 11.3 Å². The number of rotatable bonds is 4. The molecule has 7 heteroatoms. The van der Waals surface area contributed by atoms with E-state index in [9.17, 15) is 5.26 Å². The first kappa shape index (κ1) is 19.8. The molecule has 5 heterocycles. The molecular formula is C26H21N5OS. The van der Waals surface area contributed by atoms with Gasteiger partial charge >= 0.3 is 0 Å². The molecule has 1 fully saturated rings. The monoisotopic (exact) mass is 451 g/mol. The first-order chi connectivity index (χ1) is 16.3. The summed E-state index contributed by atoms with van der Waals surface area (Å²) < 4.78 is 5.29. The highest BCUT2D eigenvalue weighted by atomic mass is 32.1. The van der Waals surface area contributed by atoms with Crippen LogP contribution in [0.2, 0.25) is 0 Å². The lowest BCUT2D eigenvalue weighted by Gasteiger charge is -2.29. The van der Waals surface area contributed by atoms with Crippen molar-refractivity contribution in [3.8, 4) is 39.0 Å². The molecule has 0 radical (unpaired) electrons. The Morgan fingerprint density at radius 1 is 1.03 bits per heavy atom. The number of anilines is 1. The summed E-state index contributed by atoms with van der Waals surface area (Å²) in [7, 11) is 0. The zero-order valence-electron chi connectivity index (χ0n) is 17.9. The predicted molar refractivity (Wildman–Crippen MR) is 131 cm³/mol. The van der Waals surface area contributed by atoms with Crippen molar-refractivity contribution in [3.05, 3.63) is 65.9 Å². The number of hydrogen-bond acceptors (Lipinski definition) is 6. The average molecular weight is 452 g/mol. The van der Waals surface area contributed by atoms with Crippen molar-refractivity contribution in [2.24, 2.45) is 0 Å². The fourth-order valence-corrected chi connectivity index (χ4v) is 5.38. The summed E-state index contributed by atoms with van der Waals surface area (Å²) in [5.74, 6) is 0. The molecule has 0 aliphatic carbocycles. The average Bonchev–Trinajstić information content (AvgIpc) is 3.65. The van der Waals surface area contributed by atoms with Gasteiger partial charge in [-0.3, -0.25) is 5.10 Å². The number of nitrogens with one attached hydrogen (secondary N) is 1. The second kappa shape index (κ2) is 8.23. The summed E-state index contributed by atoms with van der Waals surface area (Å²) in [5.41, 5.74) is 6.39. The van der Waals surface area contributed by atoms with Crippen LogP contribution in [0.3, 0.4) is 0 Å². The first-order valence-corrected chi connectivity index (χ1v) is 12.0. The maximum Gasteiger partial charge on any atom is 0.182 e. The van der Waals surface area contributed by atoms with Crippen molar-refractivity contribution in [2.75, 3.05) is 18.0 Å². The van der Waals surface area contributed by atoms with Gasteiger partial charge < -0.3 is 9.32 Å². The lowest BCUT2D eigenvalue weighted by atomic mass is 9.93. The molecule has 1 N–H and O–H groups in total. The largest absolute Gasteiger partial charge is 0.472 e. The van der Waals surface area contributed by atoms with E-state index < -0.39 is 0 Å².